The lowest BCUT2D eigenvalue weighted by Crippen LogP contribution is -2.30. The van der Waals surface area contributed by atoms with Gasteiger partial charge in [0.15, 0.2) is 9.84 Å². The number of rotatable bonds is 6. The van der Waals surface area contributed by atoms with E-state index in [4.69, 9.17) is 0 Å². The first kappa shape index (κ1) is 15.7. The fourth-order valence-corrected chi connectivity index (χ4v) is 4.55. The molecule has 1 heterocycles. The van der Waals surface area contributed by atoms with E-state index in [1.165, 1.54) is 0 Å². The molecule has 3 nitrogen and oxygen atoms in total. The van der Waals surface area contributed by atoms with E-state index in [-0.39, 0.29) is 5.25 Å². The van der Waals surface area contributed by atoms with Gasteiger partial charge in [-0.05, 0) is 30.5 Å². The molecule has 0 aliphatic carbocycles. The maximum Gasteiger partial charge on any atom is 0.288 e. The standard InChI is InChI=1S/C13H17F2NO2S2/c14-13(15)19-11-5-3-10(4-6-11)8-16-9-12-2-1-7-20(12,17)18/h3-6,12-13,16H,1-2,7-9H2/t12-/m1/s1. The third-order valence-corrected chi connectivity index (χ3v) is 6.31. The van der Waals surface area contributed by atoms with E-state index in [1.807, 2.05) is 0 Å². The highest BCUT2D eigenvalue weighted by Gasteiger charge is 2.30. The first-order valence-electron chi connectivity index (χ1n) is 6.43. The van der Waals surface area contributed by atoms with Crippen LogP contribution in [-0.2, 0) is 16.4 Å². The molecule has 2 rings (SSSR count). The summed E-state index contributed by atoms with van der Waals surface area (Å²) in [5.74, 6) is -2.12. The molecule has 1 atom stereocenters. The topological polar surface area (TPSA) is 46.2 Å². The molecule has 1 saturated heterocycles. The fraction of sp³-hybridized carbons (Fsp3) is 0.538. The minimum absolute atomic E-state index is 0.281. The van der Waals surface area contributed by atoms with Crippen LogP contribution in [0.1, 0.15) is 18.4 Å². The predicted octanol–water partition coefficient (Wildman–Crippen LogP) is 2.67. The molecule has 0 spiro atoms. The van der Waals surface area contributed by atoms with Crippen LogP contribution in [0.15, 0.2) is 29.2 Å². The van der Waals surface area contributed by atoms with Crippen LogP contribution in [-0.4, -0.2) is 31.7 Å². The van der Waals surface area contributed by atoms with Crippen LogP contribution >= 0.6 is 11.8 Å². The highest BCUT2D eigenvalue weighted by molar-refractivity contribution is 7.99. The molecule has 1 aliphatic rings. The quantitative estimate of drug-likeness (QED) is 0.818. The monoisotopic (exact) mass is 321 g/mol. The van der Waals surface area contributed by atoms with Crippen molar-refractivity contribution in [2.75, 3.05) is 12.3 Å². The second-order valence-electron chi connectivity index (χ2n) is 4.78. The van der Waals surface area contributed by atoms with Gasteiger partial charge in [0.1, 0.15) is 0 Å². The lowest BCUT2D eigenvalue weighted by atomic mass is 10.2. The summed E-state index contributed by atoms with van der Waals surface area (Å²) in [7, 11) is -2.91. The average Bonchev–Trinajstić information content (AvgIpc) is 2.70. The summed E-state index contributed by atoms with van der Waals surface area (Å²) in [6.45, 7) is 1.00. The van der Waals surface area contributed by atoms with Crippen LogP contribution in [0.5, 0.6) is 0 Å². The Balaban J connectivity index is 1.79. The van der Waals surface area contributed by atoms with Gasteiger partial charge in [-0.25, -0.2) is 8.42 Å². The molecule has 1 aliphatic heterocycles. The van der Waals surface area contributed by atoms with Crippen LogP contribution in [0.2, 0.25) is 0 Å². The van der Waals surface area contributed by atoms with Gasteiger partial charge in [0.05, 0.1) is 11.0 Å². The molecule has 0 unspecified atom stereocenters. The zero-order valence-electron chi connectivity index (χ0n) is 10.9. The van der Waals surface area contributed by atoms with Gasteiger partial charge in [-0.3, -0.25) is 0 Å². The van der Waals surface area contributed by atoms with Crippen LogP contribution < -0.4 is 5.32 Å². The molecule has 0 bridgehead atoms. The van der Waals surface area contributed by atoms with Gasteiger partial charge in [-0.1, -0.05) is 23.9 Å². The van der Waals surface area contributed by atoms with Crippen molar-refractivity contribution in [3.63, 3.8) is 0 Å². The number of nitrogens with one attached hydrogen (secondary N) is 1. The highest BCUT2D eigenvalue weighted by Crippen LogP contribution is 2.25. The molecule has 1 fully saturated rings. The van der Waals surface area contributed by atoms with Gasteiger partial charge in [0, 0.05) is 18.0 Å². The summed E-state index contributed by atoms with van der Waals surface area (Å²) in [6, 6.07) is 6.86. The van der Waals surface area contributed by atoms with E-state index >= 15 is 0 Å². The molecule has 112 valence electrons. The Hall–Kier alpha value is -0.660. The van der Waals surface area contributed by atoms with Crippen LogP contribution in [0, 0.1) is 0 Å². The minimum Gasteiger partial charge on any atom is -0.311 e. The fourth-order valence-electron chi connectivity index (χ4n) is 2.25. The predicted molar refractivity (Wildman–Crippen MR) is 76.8 cm³/mol. The summed E-state index contributed by atoms with van der Waals surface area (Å²) in [6.07, 6.45) is 1.47. The molecule has 0 amide bonds. The van der Waals surface area contributed by atoms with Crippen LogP contribution in [0.4, 0.5) is 8.78 Å². The summed E-state index contributed by atoms with van der Waals surface area (Å²) < 4.78 is 47.6. The van der Waals surface area contributed by atoms with Crippen molar-refractivity contribution >= 4 is 21.6 Å². The van der Waals surface area contributed by atoms with Gasteiger partial charge in [-0.2, -0.15) is 8.78 Å². The zero-order valence-corrected chi connectivity index (χ0v) is 12.5. The lowest BCUT2D eigenvalue weighted by Gasteiger charge is -2.11. The summed E-state index contributed by atoms with van der Waals surface area (Å²) in [5, 5.41) is 2.84. The maximum absolute atomic E-state index is 12.2. The largest absolute Gasteiger partial charge is 0.311 e. The van der Waals surface area contributed by atoms with Gasteiger partial charge in [0.25, 0.3) is 5.76 Å². The number of alkyl halides is 2. The second kappa shape index (κ2) is 6.87. The molecule has 1 N–H and O–H groups in total. The Morgan fingerprint density at radius 2 is 2.00 bits per heavy atom. The first-order chi connectivity index (χ1) is 9.47. The maximum atomic E-state index is 12.2. The summed E-state index contributed by atoms with van der Waals surface area (Å²) >= 11 is 0.518. The molecule has 0 saturated carbocycles. The van der Waals surface area contributed by atoms with Crippen LogP contribution in [0.3, 0.4) is 0 Å². The molecule has 7 heteroatoms. The highest BCUT2D eigenvalue weighted by atomic mass is 32.2. The minimum atomic E-state index is -2.91. The smallest absolute Gasteiger partial charge is 0.288 e. The van der Waals surface area contributed by atoms with E-state index in [0.717, 1.165) is 18.4 Å². The number of sulfone groups is 1. The Morgan fingerprint density at radius 3 is 2.55 bits per heavy atom. The molecule has 20 heavy (non-hydrogen) atoms. The van der Waals surface area contributed by atoms with Gasteiger partial charge in [0.2, 0.25) is 0 Å². The van der Waals surface area contributed by atoms with Crippen LogP contribution in [0.25, 0.3) is 0 Å². The third-order valence-electron chi connectivity index (χ3n) is 3.31. The lowest BCUT2D eigenvalue weighted by molar-refractivity contribution is 0.252. The van der Waals surface area contributed by atoms with E-state index < -0.39 is 15.6 Å². The number of hydrogen-bond acceptors (Lipinski definition) is 4. The molecule has 1 aromatic rings. The first-order valence-corrected chi connectivity index (χ1v) is 9.03. The number of benzene rings is 1. The SMILES string of the molecule is O=S1(=O)CCC[C@@H]1CNCc1ccc(SC(F)F)cc1. The van der Waals surface area contributed by atoms with E-state index in [9.17, 15) is 17.2 Å². The van der Waals surface area contributed by atoms with Crippen molar-refractivity contribution < 1.29 is 17.2 Å². The van der Waals surface area contributed by atoms with Crippen molar-refractivity contribution in [3.8, 4) is 0 Å². The Kier molecular flexibility index (Phi) is 5.40. The van der Waals surface area contributed by atoms with Gasteiger partial charge in [-0.15, -0.1) is 0 Å². The Bertz CT molecular complexity index is 532. The van der Waals surface area contributed by atoms with E-state index in [2.05, 4.69) is 5.32 Å². The Labute approximate surface area is 122 Å². The van der Waals surface area contributed by atoms with Crippen molar-refractivity contribution in [2.24, 2.45) is 0 Å². The molecule has 0 radical (unpaired) electrons. The van der Waals surface area contributed by atoms with E-state index in [1.54, 1.807) is 24.3 Å². The Morgan fingerprint density at radius 1 is 1.30 bits per heavy atom. The van der Waals surface area contributed by atoms with Crippen molar-refractivity contribution in [1.82, 2.24) is 5.32 Å². The third kappa shape index (κ3) is 4.43. The number of hydrogen-bond donors (Lipinski definition) is 1. The number of halogens is 2. The van der Waals surface area contributed by atoms with Crippen molar-refractivity contribution in [2.45, 2.75) is 35.3 Å². The molecule has 1 aromatic carbocycles. The average molecular weight is 321 g/mol. The zero-order chi connectivity index (χ0) is 14.6. The van der Waals surface area contributed by atoms with Gasteiger partial charge < -0.3 is 5.32 Å². The summed E-state index contributed by atoms with van der Waals surface area (Å²) in [4.78, 5) is 0.530. The van der Waals surface area contributed by atoms with E-state index in [0.29, 0.717) is 35.5 Å². The summed E-state index contributed by atoms with van der Waals surface area (Å²) in [5.41, 5.74) is 0.957. The van der Waals surface area contributed by atoms with Crippen molar-refractivity contribution in [1.29, 1.82) is 0 Å². The van der Waals surface area contributed by atoms with Gasteiger partial charge >= 0.3 is 0 Å². The molecular formula is C13H17F2NO2S2. The second-order valence-corrected chi connectivity index (χ2v) is 8.25. The molecule has 0 aromatic heterocycles. The van der Waals surface area contributed by atoms with Crippen molar-refractivity contribution in [3.05, 3.63) is 29.8 Å². The molecular weight excluding hydrogens is 304 g/mol. The number of thioether (sulfide) groups is 1. The normalized spacial score (nSPS) is 21.4.